The van der Waals surface area contributed by atoms with Gasteiger partial charge in [-0.25, -0.2) is 0 Å². The van der Waals surface area contributed by atoms with E-state index in [1.165, 1.54) is 0 Å². The molecule has 0 aliphatic rings. The third-order valence-corrected chi connectivity index (χ3v) is 3.98. The summed E-state index contributed by atoms with van der Waals surface area (Å²) in [6.07, 6.45) is 0. The second-order valence-electron chi connectivity index (χ2n) is 5.94. The summed E-state index contributed by atoms with van der Waals surface area (Å²) in [5.41, 5.74) is 2.86. The maximum absolute atomic E-state index is 9.87. The predicted molar refractivity (Wildman–Crippen MR) is 107 cm³/mol. The first-order chi connectivity index (χ1) is 13.3. The first-order valence-corrected chi connectivity index (χ1v) is 8.48. The van der Waals surface area contributed by atoms with E-state index in [-0.39, 0.29) is 5.75 Å². The Balaban J connectivity index is 1.54. The van der Waals surface area contributed by atoms with E-state index < -0.39 is 0 Å². The van der Waals surface area contributed by atoms with Crippen molar-refractivity contribution in [2.24, 2.45) is 20.5 Å². The molecule has 0 saturated heterocycles. The summed E-state index contributed by atoms with van der Waals surface area (Å²) in [4.78, 5) is 0. The molecule has 130 valence electrons. The van der Waals surface area contributed by atoms with Crippen molar-refractivity contribution < 1.29 is 5.11 Å². The van der Waals surface area contributed by atoms with Crippen molar-refractivity contribution in [2.75, 3.05) is 0 Å². The van der Waals surface area contributed by atoms with E-state index in [0.29, 0.717) is 11.4 Å². The van der Waals surface area contributed by atoms with Gasteiger partial charge in [0.05, 0.1) is 22.7 Å². The van der Waals surface area contributed by atoms with Crippen LogP contribution in [0.3, 0.4) is 0 Å². The van der Waals surface area contributed by atoms with Crippen LogP contribution in [-0.4, -0.2) is 5.11 Å². The number of azo groups is 2. The Kier molecular flexibility index (Phi) is 4.66. The molecule has 5 nitrogen and oxygen atoms in total. The van der Waals surface area contributed by atoms with Crippen LogP contribution in [0.25, 0.3) is 10.8 Å². The molecule has 0 heterocycles. The Morgan fingerprint density at radius 2 is 1.07 bits per heavy atom. The molecule has 0 aromatic heterocycles. The molecule has 0 bridgehead atoms. The SMILES string of the molecule is Oc1cc(N=Nc2ccc(N=Nc3ccccc3)cc2)c2ccccc2c1. The zero-order valence-electron chi connectivity index (χ0n) is 14.4. The molecule has 0 fully saturated rings. The molecule has 4 rings (SSSR count). The fraction of sp³-hybridized carbons (Fsp3) is 0. The van der Waals surface area contributed by atoms with Crippen molar-refractivity contribution in [2.45, 2.75) is 0 Å². The van der Waals surface area contributed by atoms with Crippen molar-refractivity contribution in [3.63, 3.8) is 0 Å². The first-order valence-electron chi connectivity index (χ1n) is 8.48. The van der Waals surface area contributed by atoms with E-state index >= 15 is 0 Å². The second-order valence-corrected chi connectivity index (χ2v) is 5.94. The van der Waals surface area contributed by atoms with E-state index in [0.717, 1.165) is 22.1 Å². The fourth-order valence-electron chi connectivity index (χ4n) is 2.67. The third kappa shape index (κ3) is 4.04. The molecule has 0 aliphatic carbocycles. The number of rotatable bonds is 4. The molecule has 0 atom stereocenters. The average molecular weight is 352 g/mol. The van der Waals surface area contributed by atoms with Crippen molar-refractivity contribution in [3.8, 4) is 5.75 Å². The minimum absolute atomic E-state index is 0.166. The van der Waals surface area contributed by atoms with Gasteiger partial charge >= 0.3 is 0 Å². The summed E-state index contributed by atoms with van der Waals surface area (Å²) in [5.74, 6) is 0.166. The summed E-state index contributed by atoms with van der Waals surface area (Å²) in [6, 6.07) is 27.9. The van der Waals surface area contributed by atoms with Gasteiger partial charge in [-0.1, -0.05) is 42.5 Å². The Morgan fingerprint density at radius 1 is 0.519 bits per heavy atom. The highest BCUT2D eigenvalue weighted by molar-refractivity contribution is 5.93. The van der Waals surface area contributed by atoms with Gasteiger partial charge in [0, 0.05) is 11.5 Å². The Hall–Kier alpha value is -3.86. The lowest BCUT2D eigenvalue weighted by Crippen LogP contribution is -1.74. The number of nitrogens with zero attached hydrogens (tertiary/aromatic N) is 4. The molecule has 4 aromatic rings. The number of hydrogen-bond acceptors (Lipinski definition) is 5. The summed E-state index contributed by atoms with van der Waals surface area (Å²) >= 11 is 0. The van der Waals surface area contributed by atoms with Crippen LogP contribution < -0.4 is 0 Å². The average Bonchev–Trinajstić information content (AvgIpc) is 2.72. The highest BCUT2D eigenvalue weighted by atomic mass is 16.3. The summed E-state index contributed by atoms with van der Waals surface area (Å²) < 4.78 is 0. The van der Waals surface area contributed by atoms with Gasteiger partial charge in [0.1, 0.15) is 5.75 Å². The van der Waals surface area contributed by atoms with E-state index in [9.17, 15) is 5.11 Å². The largest absolute Gasteiger partial charge is 0.508 e. The molecular formula is C22H16N4O. The van der Waals surface area contributed by atoms with Crippen LogP contribution in [0, 0.1) is 0 Å². The van der Waals surface area contributed by atoms with E-state index in [4.69, 9.17) is 0 Å². The molecular weight excluding hydrogens is 336 g/mol. The maximum atomic E-state index is 9.87. The highest BCUT2D eigenvalue weighted by Gasteiger charge is 2.02. The molecule has 27 heavy (non-hydrogen) atoms. The number of hydrogen-bond donors (Lipinski definition) is 1. The minimum atomic E-state index is 0.166. The Bertz CT molecular complexity index is 1120. The van der Waals surface area contributed by atoms with Crippen LogP contribution in [-0.2, 0) is 0 Å². The normalized spacial score (nSPS) is 11.6. The van der Waals surface area contributed by atoms with Crippen LogP contribution in [0.2, 0.25) is 0 Å². The topological polar surface area (TPSA) is 69.7 Å². The number of benzene rings is 4. The van der Waals surface area contributed by atoms with Gasteiger partial charge in [-0.3, -0.25) is 0 Å². The lowest BCUT2D eigenvalue weighted by molar-refractivity contribution is 0.476. The first kappa shape index (κ1) is 16.6. The molecule has 4 aromatic carbocycles. The molecule has 0 aliphatic heterocycles. The fourth-order valence-corrected chi connectivity index (χ4v) is 2.67. The van der Waals surface area contributed by atoms with Crippen LogP contribution in [0.15, 0.2) is 111 Å². The van der Waals surface area contributed by atoms with Crippen molar-refractivity contribution in [1.29, 1.82) is 0 Å². The summed E-state index contributed by atoms with van der Waals surface area (Å²) in [6.45, 7) is 0. The number of aromatic hydroxyl groups is 1. The molecule has 0 amide bonds. The van der Waals surface area contributed by atoms with Gasteiger partial charge in [-0.05, 0) is 47.9 Å². The van der Waals surface area contributed by atoms with Crippen molar-refractivity contribution in [3.05, 3.63) is 91.0 Å². The molecule has 0 spiro atoms. The maximum Gasteiger partial charge on any atom is 0.118 e. The van der Waals surface area contributed by atoms with Crippen molar-refractivity contribution >= 4 is 33.5 Å². The van der Waals surface area contributed by atoms with Gasteiger partial charge in [-0.15, -0.1) is 5.11 Å². The monoisotopic (exact) mass is 352 g/mol. The predicted octanol–water partition coefficient (Wildman–Crippen LogP) is 7.38. The molecule has 0 saturated carbocycles. The Morgan fingerprint density at radius 3 is 1.78 bits per heavy atom. The lowest BCUT2D eigenvalue weighted by Gasteiger charge is -2.02. The van der Waals surface area contributed by atoms with Crippen LogP contribution in [0.5, 0.6) is 5.75 Å². The molecule has 0 unspecified atom stereocenters. The van der Waals surface area contributed by atoms with Gasteiger partial charge in [0.2, 0.25) is 0 Å². The number of fused-ring (bicyclic) bond motifs is 1. The van der Waals surface area contributed by atoms with E-state index in [1.807, 2.05) is 78.9 Å². The van der Waals surface area contributed by atoms with Gasteiger partial charge in [0.15, 0.2) is 0 Å². The molecule has 1 N–H and O–H groups in total. The Labute approximate surface area is 156 Å². The van der Waals surface area contributed by atoms with Crippen LogP contribution in [0.4, 0.5) is 22.7 Å². The smallest absolute Gasteiger partial charge is 0.118 e. The van der Waals surface area contributed by atoms with Crippen LogP contribution >= 0.6 is 0 Å². The van der Waals surface area contributed by atoms with E-state index in [2.05, 4.69) is 20.5 Å². The second kappa shape index (κ2) is 7.58. The van der Waals surface area contributed by atoms with Gasteiger partial charge in [-0.2, -0.15) is 15.3 Å². The number of phenolic OH excluding ortho intramolecular Hbond substituents is 1. The third-order valence-electron chi connectivity index (χ3n) is 3.98. The standard InChI is InChI=1S/C22H16N4O/c27-20-14-16-6-4-5-9-21(16)22(15-20)26-25-19-12-10-18(11-13-19)24-23-17-7-2-1-3-8-17/h1-15,27H. The zero-order valence-corrected chi connectivity index (χ0v) is 14.4. The zero-order chi connectivity index (χ0) is 18.5. The lowest BCUT2D eigenvalue weighted by atomic mass is 10.1. The van der Waals surface area contributed by atoms with Gasteiger partial charge < -0.3 is 5.11 Å². The molecule has 0 radical (unpaired) electrons. The minimum Gasteiger partial charge on any atom is -0.508 e. The number of phenols is 1. The highest BCUT2D eigenvalue weighted by Crippen LogP contribution is 2.32. The van der Waals surface area contributed by atoms with Gasteiger partial charge in [0.25, 0.3) is 0 Å². The van der Waals surface area contributed by atoms with Crippen molar-refractivity contribution in [1.82, 2.24) is 0 Å². The summed E-state index contributed by atoms with van der Waals surface area (Å²) in [5, 5.41) is 28.7. The molecule has 5 heteroatoms. The van der Waals surface area contributed by atoms with E-state index in [1.54, 1.807) is 12.1 Å². The quantitative estimate of drug-likeness (QED) is 0.382. The van der Waals surface area contributed by atoms with Crippen LogP contribution in [0.1, 0.15) is 0 Å². The summed E-state index contributed by atoms with van der Waals surface area (Å²) in [7, 11) is 0.